The van der Waals surface area contributed by atoms with Crippen molar-refractivity contribution in [2.45, 2.75) is 57.0 Å². The van der Waals surface area contributed by atoms with Crippen LogP contribution in [0.5, 0.6) is 0 Å². The van der Waals surface area contributed by atoms with Crippen LogP contribution in [-0.2, 0) is 14.3 Å². The molecule has 1 amide bonds. The lowest BCUT2D eigenvalue weighted by molar-refractivity contribution is -0.245. The second kappa shape index (κ2) is 10.2. The van der Waals surface area contributed by atoms with Gasteiger partial charge in [0.25, 0.3) is 10.9 Å². The van der Waals surface area contributed by atoms with E-state index >= 15 is 0 Å². The molecule has 0 spiro atoms. The summed E-state index contributed by atoms with van der Waals surface area (Å²) in [5, 5.41) is 55.4. The Bertz CT molecular complexity index is 865. The van der Waals surface area contributed by atoms with Crippen molar-refractivity contribution in [1.82, 2.24) is 5.32 Å². The second-order valence-corrected chi connectivity index (χ2v) is 7.75. The second-order valence-electron chi connectivity index (χ2n) is 7.75. The van der Waals surface area contributed by atoms with E-state index in [0.717, 1.165) is 0 Å². The van der Waals surface area contributed by atoms with Gasteiger partial charge >= 0.3 is 5.97 Å². The van der Waals surface area contributed by atoms with Gasteiger partial charge in [0.05, 0.1) is 13.2 Å². The molecule has 1 fully saturated rings. The summed E-state index contributed by atoms with van der Waals surface area (Å²) in [6, 6.07) is -2.52. The van der Waals surface area contributed by atoms with Crippen LogP contribution in [0.25, 0.3) is 0 Å². The number of carbonyl (C=O) groups is 2. The van der Waals surface area contributed by atoms with Gasteiger partial charge in [-0.25, -0.2) is 4.79 Å². The summed E-state index contributed by atoms with van der Waals surface area (Å²) in [6.45, 7) is 2.40. The first kappa shape index (κ1) is 24.7. The lowest BCUT2D eigenvalue weighted by atomic mass is 9.96. The van der Waals surface area contributed by atoms with Crippen molar-refractivity contribution in [3.8, 4) is 0 Å². The van der Waals surface area contributed by atoms with Crippen LogP contribution in [0.2, 0.25) is 0 Å². The van der Waals surface area contributed by atoms with E-state index in [0.29, 0.717) is 0 Å². The van der Waals surface area contributed by atoms with Gasteiger partial charge in [-0.05, 0) is 12.3 Å². The van der Waals surface area contributed by atoms with Crippen LogP contribution in [-0.4, -0.2) is 87.2 Å². The third-order valence-corrected chi connectivity index (χ3v) is 4.89. The quantitative estimate of drug-likeness (QED) is 0.165. The number of hydrogen-bond acceptors (Lipinski definition) is 11. The fourth-order valence-electron chi connectivity index (χ4n) is 3.22. The van der Waals surface area contributed by atoms with E-state index in [4.69, 9.17) is 14.9 Å². The van der Waals surface area contributed by atoms with E-state index in [2.05, 4.69) is 16.0 Å². The van der Waals surface area contributed by atoms with E-state index in [1.165, 1.54) is 0 Å². The maximum Gasteiger partial charge on any atom is 0.326 e. The molecule has 1 aromatic rings. The van der Waals surface area contributed by atoms with Gasteiger partial charge in [0, 0.05) is 0 Å². The molecule has 1 heterocycles. The molecule has 0 bridgehead atoms. The molecule has 13 nitrogen and oxygen atoms in total. The molecule has 0 aliphatic carbocycles. The zero-order valence-corrected chi connectivity index (χ0v) is 16.9. The van der Waals surface area contributed by atoms with Gasteiger partial charge in [0.2, 0.25) is 5.91 Å². The van der Waals surface area contributed by atoms with Crippen LogP contribution in [0, 0.1) is 5.92 Å². The summed E-state index contributed by atoms with van der Waals surface area (Å²) in [6.07, 6.45) is -5.99. The van der Waals surface area contributed by atoms with Crippen LogP contribution in [0.1, 0.15) is 20.3 Å². The van der Waals surface area contributed by atoms with Gasteiger partial charge in [-0.3, -0.25) is 14.4 Å². The highest BCUT2D eigenvalue weighted by Gasteiger charge is 2.44. The minimum atomic E-state index is -1.72. The summed E-state index contributed by atoms with van der Waals surface area (Å²) >= 11 is 0. The van der Waals surface area contributed by atoms with Crippen molar-refractivity contribution in [2.24, 2.45) is 5.92 Å². The van der Waals surface area contributed by atoms with Crippen molar-refractivity contribution < 1.29 is 39.9 Å². The fraction of sp³-hybridized carbons (Fsp3) is 0.667. The molecular formula is C18H27N3O10. The van der Waals surface area contributed by atoms with E-state index in [1.54, 1.807) is 13.8 Å². The number of nitrogens with one attached hydrogen (secondary N) is 3. The SMILES string of the molecule is CC(C)C[C@H](NC(=O)CNc1c(N[C@H]2C(O)O[C@H](CO)[C@@H](O)[C@@H]2O)c(=O)c1=O)C(=O)O. The third-order valence-electron chi connectivity index (χ3n) is 4.89. The van der Waals surface area contributed by atoms with Gasteiger partial charge in [-0.1, -0.05) is 13.8 Å². The molecule has 31 heavy (non-hydrogen) atoms. The average molecular weight is 445 g/mol. The molecule has 0 radical (unpaired) electrons. The number of carbonyl (C=O) groups excluding carboxylic acids is 1. The molecule has 0 saturated carbocycles. The Labute approximate surface area is 176 Å². The summed E-state index contributed by atoms with van der Waals surface area (Å²) < 4.78 is 4.97. The largest absolute Gasteiger partial charge is 0.480 e. The van der Waals surface area contributed by atoms with Crippen LogP contribution < -0.4 is 26.8 Å². The number of rotatable bonds is 10. The summed E-state index contributed by atoms with van der Waals surface area (Å²) in [5.74, 6) is -1.93. The molecule has 1 aromatic carbocycles. The molecule has 1 aliphatic rings. The first-order valence-corrected chi connectivity index (χ1v) is 9.64. The summed E-state index contributed by atoms with van der Waals surface area (Å²) in [4.78, 5) is 47.0. The highest BCUT2D eigenvalue weighted by Crippen LogP contribution is 2.24. The Morgan fingerprint density at radius 2 is 1.68 bits per heavy atom. The van der Waals surface area contributed by atoms with E-state index in [9.17, 15) is 34.5 Å². The maximum absolute atomic E-state index is 12.1. The molecule has 13 heteroatoms. The molecule has 6 atom stereocenters. The maximum atomic E-state index is 12.1. The van der Waals surface area contributed by atoms with Crippen molar-refractivity contribution in [3.05, 3.63) is 20.4 Å². The first-order valence-electron chi connectivity index (χ1n) is 9.64. The number of aliphatic carboxylic acids is 1. The third kappa shape index (κ3) is 5.57. The minimum Gasteiger partial charge on any atom is -0.480 e. The topological polar surface area (TPSA) is 215 Å². The zero-order chi connectivity index (χ0) is 23.5. The molecule has 2 rings (SSSR count). The Morgan fingerprint density at radius 3 is 2.23 bits per heavy atom. The number of carboxylic acids is 1. The number of amides is 1. The number of aliphatic hydroxyl groups excluding tert-OH is 4. The molecule has 174 valence electrons. The highest BCUT2D eigenvalue weighted by molar-refractivity contribution is 5.87. The van der Waals surface area contributed by atoms with Crippen molar-refractivity contribution >= 4 is 23.3 Å². The molecule has 1 saturated heterocycles. The number of ether oxygens (including phenoxy) is 1. The van der Waals surface area contributed by atoms with Crippen molar-refractivity contribution in [2.75, 3.05) is 23.8 Å². The van der Waals surface area contributed by atoms with Crippen molar-refractivity contribution in [3.63, 3.8) is 0 Å². The normalized spacial score (nSPS) is 27.1. The summed E-state index contributed by atoms with van der Waals surface area (Å²) in [7, 11) is 0. The average Bonchev–Trinajstić information content (AvgIpc) is 2.70. The lowest BCUT2D eigenvalue weighted by Crippen LogP contribution is -2.62. The van der Waals surface area contributed by atoms with Gasteiger partial charge < -0.3 is 46.2 Å². The van der Waals surface area contributed by atoms with Crippen LogP contribution >= 0.6 is 0 Å². The van der Waals surface area contributed by atoms with Crippen molar-refractivity contribution in [1.29, 1.82) is 0 Å². The van der Waals surface area contributed by atoms with E-state index < -0.39 is 72.6 Å². The zero-order valence-electron chi connectivity index (χ0n) is 16.9. The Kier molecular flexibility index (Phi) is 8.08. The van der Waals surface area contributed by atoms with Gasteiger partial charge in [-0.15, -0.1) is 0 Å². The van der Waals surface area contributed by atoms with Crippen LogP contribution in [0.15, 0.2) is 9.59 Å². The molecule has 8 N–H and O–H groups in total. The highest BCUT2D eigenvalue weighted by atomic mass is 16.6. The molecule has 0 aromatic heterocycles. The summed E-state index contributed by atoms with van der Waals surface area (Å²) in [5.41, 5.74) is -2.57. The number of aliphatic hydroxyl groups is 4. The predicted octanol–water partition coefficient (Wildman–Crippen LogP) is -3.48. The van der Waals surface area contributed by atoms with Crippen LogP contribution in [0.3, 0.4) is 0 Å². The number of hydrogen-bond donors (Lipinski definition) is 8. The Balaban J connectivity index is 2.04. The van der Waals surface area contributed by atoms with E-state index in [1.807, 2.05) is 0 Å². The molecule has 1 aliphatic heterocycles. The van der Waals surface area contributed by atoms with Crippen LogP contribution in [0.4, 0.5) is 11.4 Å². The van der Waals surface area contributed by atoms with Gasteiger partial charge in [-0.2, -0.15) is 0 Å². The Hall–Kier alpha value is -2.58. The monoisotopic (exact) mass is 445 g/mol. The van der Waals surface area contributed by atoms with E-state index in [-0.39, 0.29) is 23.7 Å². The molecule has 1 unspecified atom stereocenters. The van der Waals surface area contributed by atoms with Gasteiger partial charge in [0.1, 0.15) is 41.8 Å². The minimum absolute atomic E-state index is 0.00931. The smallest absolute Gasteiger partial charge is 0.326 e. The predicted molar refractivity (Wildman–Crippen MR) is 106 cm³/mol. The standard InChI is InChI=1S/C18H27N3O10/c1-6(2)3-7(17(28)29)20-9(23)4-19-10-11(15(26)14(10)25)21-12-16(27)13(24)8(5-22)31-18(12)30/h6-8,12-13,16,18-19,21-22,24,27,30H,3-5H2,1-2H3,(H,20,23)(H,28,29)/t7-,8+,12+,13+,16+,18?/m0/s1. The first-order chi connectivity index (χ1) is 14.5. The van der Waals surface area contributed by atoms with Gasteiger partial charge in [0.15, 0.2) is 6.29 Å². The lowest BCUT2D eigenvalue weighted by Gasteiger charge is -2.40. The Morgan fingerprint density at radius 1 is 1.06 bits per heavy atom. The molecular weight excluding hydrogens is 418 g/mol. The number of anilines is 2. The number of carboxylic acid groups (broad SMARTS) is 1. The fourth-order valence-corrected chi connectivity index (χ4v) is 3.22.